The van der Waals surface area contributed by atoms with Gasteiger partial charge in [0, 0.05) is 18.1 Å². The van der Waals surface area contributed by atoms with Gasteiger partial charge in [-0.05, 0) is 19.1 Å². The van der Waals surface area contributed by atoms with Gasteiger partial charge in [-0.25, -0.2) is 13.4 Å². The summed E-state index contributed by atoms with van der Waals surface area (Å²) in [6.45, 7) is 1.90. The maximum atomic E-state index is 12.2. The summed E-state index contributed by atoms with van der Waals surface area (Å²) >= 11 is 8.15. The average molecular weight is 380 g/mol. The molecule has 6 nitrogen and oxygen atoms in total. The van der Waals surface area contributed by atoms with Crippen LogP contribution < -0.4 is 5.32 Å². The second-order valence-electron chi connectivity index (χ2n) is 4.48. The number of hydrogen-bond acceptors (Lipinski definition) is 6. The van der Waals surface area contributed by atoms with E-state index in [0.29, 0.717) is 4.34 Å². The molecule has 0 aliphatic heterocycles. The Kier molecular flexibility index (Phi) is 5.56. The maximum Gasteiger partial charge on any atom is 0.252 e. The normalized spacial score (nSPS) is 11.8. The van der Waals surface area contributed by atoms with Crippen LogP contribution in [0.3, 0.4) is 0 Å². The molecule has 2 heterocycles. The van der Waals surface area contributed by atoms with Crippen molar-refractivity contribution in [2.45, 2.75) is 17.7 Å². The van der Waals surface area contributed by atoms with Gasteiger partial charge in [0.2, 0.25) is 5.91 Å². The number of aromatic nitrogens is 1. The smallest absolute Gasteiger partial charge is 0.252 e. The minimum Gasteiger partial charge on any atom is -0.348 e. The van der Waals surface area contributed by atoms with Crippen molar-refractivity contribution < 1.29 is 13.2 Å². The van der Waals surface area contributed by atoms with Crippen molar-refractivity contribution in [1.29, 1.82) is 0 Å². The monoisotopic (exact) mass is 379 g/mol. The zero-order valence-electron chi connectivity index (χ0n) is 11.9. The number of likely N-dealkylation sites (N-methyl/N-ethyl adjacent to an activating group) is 1. The molecule has 2 rings (SSSR count). The molecule has 0 aliphatic rings. The highest BCUT2D eigenvalue weighted by Crippen LogP contribution is 2.27. The van der Waals surface area contributed by atoms with Crippen LogP contribution in [0.2, 0.25) is 4.34 Å². The van der Waals surface area contributed by atoms with E-state index >= 15 is 0 Å². The van der Waals surface area contributed by atoms with Crippen molar-refractivity contribution in [3.8, 4) is 0 Å². The summed E-state index contributed by atoms with van der Waals surface area (Å²) in [4.78, 5) is 16.1. The minimum absolute atomic E-state index is 0.114. The van der Waals surface area contributed by atoms with Crippen LogP contribution in [-0.2, 0) is 21.4 Å². The lowest BCUT2D eigenvalue weighted by Gasteiger charge is -2.15. The summed E-state index contributed by atoms with van der Waals surface area (Å²) in [6.07, 6.45) is 0. The SMILES string of the molecule is Cc1csc(CNC(=O)CN(C)S(=O)(=O)c2ccc(Cl)s2)n1. The predicted molar refractivity (Wildman–Crippen MR) is 87.8 cm³/mol. The molecule has 10 heteroatoms. The van der Waals surface area contributed by atoms with E-state index < -0.39 is 10.0 Å². The number of sulfonamides is 1. The molecule has 0 unspecified atom stereocenters. The standard InChI is InChI=1S/C12H14ClN3O3S3/c1-8-7-20-11(15-8)5-14-10(17)6-16(2)22(18,19)12-4-3-9(13)21-12/h3-4,7H,5-6H2,1-2H3,(H,14,17). The van der Waals surface area contributed by atoms with Crippen LogP contribution in [0.4, 0.5) is 0 Å². The van der Waals surface area contributed by atoms with Gasteiger partial charge in [-0.15, -0.1) is 22.7 Å². The molecule has 0 saturated carbocycles. The van der Waals surface area contributed by atoms with Crippen molar-refractivity contribution in [3.05, 3.63) is 32.6 Å². The maximum absolute atomic E-state index is 12.2. The van der Waals surface area contributed by atoms with E-state index in [4.69, 9.17) is 11.6 Å². The zero-order chi connectivity index (χ0) is 16.3. The lowest BCUT2D eigenvalue weighted by molar-refractivity contribution is -0.121. The Balaban J connectivity index is 1.93. The van der Waals surface area contributed by atoms with Gasteiger partial charge in [0.05, 0.1) is 17.4 Å². The molecule has 2 aromatic heterocycles. The molecule has 1 N–H and O–H groups in total. The molecule has 0 spiro atoms. The van der Waals surface area contributed by atoms with Crippen LogP contribution in [0.25, 0.3) is 0 Å². The molecule has 0 fully saturated rings. The fourth-order valence-electron chi connectivity index (χ4n) is 1.59. The number of aryl methyl sites for hydroxylation is 1. The Morgan fingerprint density at radius 3 is 2.73 bits per heavy atom. The minimum atomic E-state index is -3.70. The summed E-state index contributed by atoms with van der Waals surface area (Å²) in [7, 11) is -2.34. The van der Waals surface area contributed by atoms with Gasteiger partial charge >= 0.3 is 0 Å². The molecular weight excluding hydrogens is 366 g/mol. The third-order valence-corrected chi connectivity index (χ3v) is 7.15. The van der Waals surface area contributed by atoms with Crippen molar-refractivity contribution in [3.63, 3.8) is 0 Å². The van der Waals surface area contributed by atoms with Crippen LogP contribution in [0.1, 0.15) is 10.7 Å². The van der Waals surface area contributed by atoms with E-state index in [0.717, 1.165) is 26.3 Å². The summed E-state index contributed by atoms with van der Waals surface area (Å²) in [5, 5.41) is 5.32. The number of carbonyl (C=O) groups excluding carboxylic acids is 1. The number of rotatable bonds is 6. The molecule has 0 aliphatic carbocycles. The molecule has 22 heavy (non-hydrogen) atoms. The van der Waals surface area contributed by atoms with Crippen molar-refractivity contribution in [2.24, 2.45) is 0 Å². The third kappa shape index (κ3) is 4.26. The fraction of sp³-hybridized carbons (Fsp3) is 0.333. The first-order chi connectivity index (χ1) is 10.3. The highest BCUT2D eigenvalue weighted by Gasteiger charge is 2.24. The molecule has 120 valence electrons. The predicted octanol–water partition coefficient (Wildman–Crippen LogP) is 2.10. The van der Waals surface area contributed by atoms with E-state index in [1.165, 1.54) is 30.5 Å². The third-order valence-electron chi connectivity index (χ3n) is 2.68. The molecule has 0 atom stereocenters. The van der Waals surface area contributed by atoms with Crippen LogP contribution in [-0.4, -0.2) is 37.2 Å². The topological polar surface area (TPSA) is 79.4 Å². The van der Waals surface area contributed by atoms with Crippen molar-refractivity contribution >= 4 is 50.2 Å². The molecule has 0 aromatic carbocycles. The van der Waals surface area contributed by atoms with Crippen LogP contribution in [0, 0.1) is 6.92 Å². The summed E-state index contributed by atoms with van der Waals surface area (Å²) in [5.41, 5.74) is 0.892. The zero-order valence-corrected chi connectivity index (χ0v) is 15.1. The Morgan fingerprint density at radius 1 is 1.45 bits per heavy atom. The fourth-order valence-corrected chi connectivity index (χ4v) is 5.12. The highest BCUT2D eigenvalue weighted by molar-refractivity contribution is 7.91. The number of amides is 1. The number of carbonyl (C=O) groups is 1. The largest absolute Gasteiger partial charge is 0.348 e. The number of halogens is 1. The first-order valence-corrected chi connectivity index (χ1v) is 9.70. The Hall–Kier alpha value is -1.00. The lowest BCUT2D eigenvalue weighted by atomic mass is 10.5. The van der Waals surface area contributed by atoms with Gasteiger partial charge in [0.15, 0.2) is 0 Å². The summed E-state index contributed by atoms with van der Waals surface area (Å²) in [6, 6.07) is 2.94. The Bertz CT molecular complexity index is 769. The number of thiazole rings is 1. The van der Waals surface area contributed by atoms with Gasteiger partial charge in [0.25, 0.3) is 10.0 Å². The second kappa shape index (κ2) is 7.05. The average Bonchev–Trinajstić information content (AvgIpc) is 3.05. The van der Waals surface area contributed by atoms with E-state index in [1.54, 1.807) is 0 Å². The lowest BCUT2D eigenvalue weighted by Crippen LogP contribution is -2.37. The number of thiophene rings is 1. The highest BCUT2D eigenvalue weighted by atomic mass is 35.5. The quantitative estimate of drug-likeness (QED) is 0.833. The first kappa shape index (κ1) is 17.4. The second-order valence-corrected chi connectivity index (χ2v) is 9.41. The van der Waals surface area contributed by atoms with E-state index in [2.05, 4.69) is 10.3 Å². The van der Waals surface area contributed by atoms with Gasteiger partial charge in [0.1, 0.15) is 9.22 Å². The Morgan fingerprint density at radius 2 is 2.18 bits per heavy atom. The van der Waals surface area contributed by atoms with Crippen molar-refractivity contribution in [1.82, 2.24) is 14.6 Å². The van der Waals surface area contributed by atoms with Crippen molar-refractivity contribution in [2.75, 3.05) is 13.6 Å². The van der Waals surface area contributed by atoms with Gasteiger partial charge in [-0.2, -0.15) is 4.31 Å². The number of nitrogens with zero attached hydrogens (tertiary/aromatic N) is 2. The van der Waals surface area contributed by atoms with E-state index in [9.17, 15) is 13.2 Å². The van der Waals surface area contributed by atoms with E-state index in [1.807, 2.05) is 12.3 Å². The summed E-state index contributed by atoms with van der Waals surface area (Å²) < 4.78 is 26.0. The molecule has 0 saturated heterocycles. The molecular formula is C12H14ClN3O3S3. The van der Waals surface area contributed by atoms with Gasteiger partial charge in [-0.3, -0.25) is 4.79 Å². The molecule has 2 aromatic rings. The van der Waals surface area contributed by atoms with E-state index in [-0.39, 0.29) is 23.2 Å². The molecule has 0 bridgehead atoms. The summed E-state index contributed by atoms with van der Waals surface area (Å²) in [5.74, 6) is -0.387. The number of hydrogen-bond donors (Lipinski definition) is 1. The Labute approximate surface area is 141 Å². The van der Waals surface area contributed by atoms with Gasteiger partial charge < -0.3 is 5.32 Å². The van der Waals surface area contributed by atoms with Crippen LogP contribution >= 0.6 is 34.3 Å². The van der Waals surface area contributed by atoms with Crippen LogP contribution in [0.15, 0.2) is 21.7 Å². The molecule has 0 radical (unpaired) electrons. The van der Waals surface area contributed by atoms with Crippen LogP contribution in [0.5, 0.6) is 0 Å². The number of nitrogens with one attached hydrogen (secondary N) is 1. The van der Waals surface area contributed by atoms with Gasteiger partial charge in [-0.1, -0.05) is 11.6 Å². The molecule has 1 amide bonds. The first-order valence-electron chi connectivity index (χ1n) is 6.18.